The van der Waals surface area contributed by atoms with E-state index in [4.69, 9.17) is 11.6 Å². The molecule has 162 valence electrons. The molecule has 31 heavy (non-hydrogen) atoms. The van der Waals surface area contributed by atoms with Gasteiger partial charge in [-0.3, -0.25) is 14.7 Å². The molecular weight excluding hydrogens is 446 g/mol. The number of hydrogen-bond donors (Lipinski definition) is 2. The van der Waals surface area contributed by atoms with Crippen LogP contribution in [0.2, 0.25) is 5.02 Å². The normalized spacial score (nSPS) is 11.3. The lowest BCUT2D eigenvalue weighted by atomic mass is 10.2. The summed E-state index contributed by atoms with van der Waals surface area (Å²) < 4.78 is 53.8. The van der Waals surface area contributed by atoms with Crippen LogP contribution in [0.15, 0.2) is 52.2 Å². The SMILES string of the molecule is Cn1c(C(F)(F)F)cc(=O)n(-c2cc(NC(=O)Nc3ccccn3)c(Cl)cc2F)c1=O. The minimum absolute atomic E-state index is 0.163. The van der Waals surface area contributed by atoms with Crippen LogP contribution in [0.25, 0.3) is 5.69 Å². The molecule has 3 rings (SSSR count). The predicted octanol–water partition coefficient (Wildman–Crippen LogP) is 3.39. The highest BCUT2D eigenvalue weighted by atomic mass is 35.5. The molecule has 13 heteroatoms. The minimum Gasteiger partial charge on any atom is -0.306 e. The van der Waals surface area contributed by atoms with Gasteiger partial charge in [0.15, 0.2) is 0 Å². The Labute approximate surface area is 175 Å². The molecule has 0 aliphatic carbocycles. The number of halogens is 5. The molecule has 0 aliphatic rings. The maximum absolute atomic E-state index is 14.5. The lowest BCUT2D eigenvalue weighted by Gasteiger charge is -2.15. The molecule has 0 radical (unpaired) electrons. The maximum atomic E-state index is 14.5. The van der Waals surface area contributed by atoms with Crippen LogP contribution < -0.4 is 21.9 Å². The van der Waals surface area contributed by atoms with Crippen molar-refractivity contribution in [1.29, 1.82) is 0 Å². The van der Waals surface area contributed by atoms with E-state index in [1.807, 2.05) is 0 Å². The van der Waals surface area contributed by atoms with Crippen molar-refractivity contribution >= 4 is 29.1 Å². The van der Waals surface area contributed by atoms with Crippen LogP contribution in [0, 0.1) is 5.82 Å². The van der Waals surface area contributed by atoms with E-state index in [1.165, 1.54) is 12.3 Å². The topological polar surface area (TPSA) is 98.0 Å². The second kappa shape index (κ2) is 8.22. The van der Waals surface area contributed by atoms with Crippen LogP contribution in [0.3, 0.4) is 0 Å². The number of carbonyl (C=O) groups excluding carboxylic acids is 1. The molecule has 0 bridgehead atoms. The van der Waals surface area contributed by atoms with E-state index in [0.717, 1.165) is 13.1 Å². The van der Waals surface area contributed by atoms with Crippen molar-refractivity contribution in [3.8, 4) is 5.69 Å². The lowest BCUT2D eigenvalue weighted by molar-refractivity contribution is -0.144. The van der Waals surface area contributed by atoms with E-state index in [9.17, 15) is 31.9 Å². The molecule has 0 unspecified atom stereocenters. The molecule has 3 aromatic rings. The Bertz CT molecular complexity index is 1270. The number of amides is 2. The van der Waals surface area contributed by atoms with Crippen molar-refractivity contribution < 1.29 is 22.4 Å². The van der Waals surface area contributed by atoms with E-state index >= 15 is 0 Å². The molecule has 0 atom stereocenters. The number of rotatable bonds is 3. The van der Waals surface area contributed by atoms with Gasteiger partial charge < -0.3 is 5.32 Å². The number of nitrogens with one attached hydrogen (secondary N) is 2. The molecule has 2 N–H and O–H groups in total. The summed E-state index contributed by atoms with van der Waals surface area (Å²) in [5, 5.41) is 4.38. The van der Waals surface area contributed by atoms with Gasteiger partial charge in [0.25, 0.3) is 5.56 Å². The summed E-state index contributed by atoms with van der Waals surface area (Å²) in [6, 6.07) is 5.61. The zero-order valence-electron chi connectivity index (χ0n) is 15.5. The fourth-order valence-corrected chi connectivity index (χ4v) is 2.83. The molecular formula is C18H12ClF4N5O3. The van der Waals surface area contributed by atoms with E-state index in [-0.39, 0.29) is 31.7 Å². The number of hydrogen-bond acceptors (Lipinski definition) is 4. The smallest absolute Gasteiger partial charge is 0.306 e. The summed E-state index contributed by atoms with van der Waals surface area (Å²) in [6.45, 7) is 0. The third kappa shape index (κ3) is 4.58. The van der Waals surface area contributed by atoms with Crippen LogP contribution in [-0.4, -0.2) is 20.1 Å². The third-order valence-electron chi connectivity index (χ3n) is 4.04. The molecule has 0 saturated carbocycles. The van der Waals surface area contributed by atoms with Crippen molar-refractivity contribution in [3.63, 3.8) is 0 Å². The molecule has 2 aromatic heterocycles. The quantitative estimate of drug-likeness (QED) is 0.589. The van der Waals surface area contributed by atoms with Crippen LogP contribution in [0.4, 0.5) is 33.9 Å². The zero-order valence-corrected chi connectivity index (χ0v) is 16.3. The van der Waals surface area contributed by atoms with Crippen LogP contribution in [0.1, 0.15) is 5.69 Å². The maximum Gasteiger partial charge on any atom is 0.431 e. The average Bonchev–Trinajstić information content (AvgIpc) is 2.68. The van der Waals surface area contributed by atoms with Gasteiger partial charge >= 0.3 is 17.9 Å². The minimum atomic E-state index is -4.97. The molecule has 0 fully saturated rings. The molecule has 0 spiro atoms. The first-order valence-electron chi connectivity index (χ1n) is 8.38. The lowest BCUT2D eigenvalue weighted by Crippen LogP contribution is -2.41. The van der Waals surface area contributed by atoms with Gasteiger partial charge in [0.1, 0.15) is 17.3 Å². The molecule has 1 aromatic carbocycles. The summed E-state index contributed by atoms with van der Waals surface area (Å²) in [6.07, 6.45) is -3.55. The average molecular weight is 458 g/mol. The highest BCUT2D eigenvalue weighted by Crippen LogP contribution is 2.29. The zero-order chi connectivity index (χ0) is 22.9. The second-order valence-corrected chi connectivity index (χ2v) is 6.53. The summed E-state index contributed by atoms with van der Waals surface area (Å²) in [7, 11) is 0.786. The monoisotopic (exact) mass is 457 g/mol. The van der Waals surface area contributed by atoms with Gasteiger partial charge in [0.05, 0.1) is 16.4 Å². The Hall–Kier alpha value is -3.67. The third-order valence-corrected chi connectivity index (χ3v) is 4.36. The standard InChI is InChI=1S/C18H12ClF4N5O3/c1-27-13(18(21,22)23)8-15(29)28(17(27)31)12-7-11(9(19)6-10(12)20)25-16(30)26-14-4-2-3-5-24-14/h2-8H,1H3,(H2,24,25,26,30). The summed E-state index contributed by atoms with van der Waals surface area (Å²) in [4.78, 5) is 40.6. The first kappa shape index (κ1) is 22.0. The molecule has 0 saturated heterocycles. The van der Waals surface area contributed by atoms with Crippen LogP contribution >= 0.6 is 11.6 Å². The highest BCUT2D eigenvalue weighted by Gasteiger charge is 2.35. The van der Waals surface area contributed by atoms with Gasteiger partial charge in [-0.2, -0.15) is 13.2 Å². The highest BCUT2D eigenvalue weighted by molar-refractivity contribution is 6.33. The van der Waals surface area contributed by atoms with E-state index in [0.29, 0.717) is 6.07 Å². The van der Waals surface area contributed by atoms with Gasteiger partial charge in [0, 0.05) is 19.3 Å². The number of alkyl halides is 3. The first-order valence-corrected chi connectivity index (χ1v) is 8.75. The number of benzene rings is 1. The van der Waals surface area contributed by atoms with Crippen molar-refractivity contribution in [2.24, 2.45) is 7.05 Å². The number of anilines is 2. The molecule has 2 amide bonds. The number of urea groups is 1. The van der Waals surface area contributed by atoms with Gasteiger partial charge in [-0.05, 0) is 24.3 Å². The number of carbonyl (C=O) groups is 1. The second-order valence-electron chi connectivity index (χ2n) is 6.12. The van der Waals surface area contributed by atoms with Gasteiger partial charge in [-0.1, -0.05) is 17.7 Å². The Morgan fingerprint density at radius 2 is 1.84 bits per heavy atom. The Morgan fingerprint density at radius 3 is 2.45 bits per heavy atom. The summed E-state index contributed by atoms with van der Waals surface area (Å²) >= 11 is 5.91. The number of nitrogens with zero attached hydrogens (tertiary/aromatic N) is 3. The largest absolute Gasteiger partial charge is 0.431 e. The van der Waals surface area contributed by atoms with Crippen molar-refractivity contribution in [2.45, 2.75) is 6.18 Å². The Kier molecular flexibility index (Phi) is 5.84. The summed E-state index contributed by atoms with van der Waals surface area (Å²) in [5.74, 6) is -0.981. The van der Waals surface area contributed by atoms with Crippen LogP contribution in [-0.2, 0) is 13.2 Å². The van der Waals surface area contributed by atoms with E-state index in [1.54, 1.807) is 12.1 Å². The number of pyridine rings is 1. The van der Waals surface area contributed by atoms with Gasteiger partial charge in [-0.15, -0.1) is 0 Å². The van der Waals surface area contributed by atoms with E-state index < -0.39 is 40.7 Å². The number of aromatic nitrogens is 3. The van der Waals surface area contributed by atoms with E-state index in [2.05, 4.69) is 15.6 Å². The first-order chi connectivity index (χ1) is 14.5. The van der Waals surface area contributed by atoms with Crippen molar-refractivity contribution in [3.05, 3.63) is 80.0 Å². The van der Waals surface area contributed by atoms with Gasteiger partial charge in [0.2, 0.25) is 0 Å². The van der Waals surface area contributed by atoms with Crippen molar-refractivity contribution in [2.75, 3.05) is 10.6 Å². The summed E-state index contributed by atoms with van der Waals surface area (Å²) in [5.41, 5.74) is -5.26. The fourth-order valence-electron chi connectivity index (χ4n) is 2.63. The molecule has 2 heterocycles. The molecule has 0 aliphatic heterocycles. The van der Waals surface area contributed by atoms with Gasteiger partial charge in [-0.25, -0.2) is 23.5 Å². The molecule has 8 nitrogen and oxygen atoms in total. The fraction of sp³-hybridized carbons (Fsp3) is 0.111. The van der Waals surface area contributed by atoms with Crippen molar-refractivity contribution in [1.82, 2.24) is 14.1 Å². The Balaban J connectivity index is 2.04. The predicted molar refractivity (Wildman–Crippen MR) is 104 cm³/mol. The van der Waals surface area contributed by atoms with Crippen LogP contribution in [0.5, 0.6) is 0 Å². The Morgan fingerprint density at radius 1 is 1.13 bits per heavy atom.